The number of hydrogen-bond acceptors (Lipinski definition) is 3. The number of hydrogen-bond donors (Lipinski definition) is 1. The Morgan fingerprint density at radius 2 is 1.88 bits per heavy atom. The summed E-state index contributed by atoms with van der Waals surface area (Å²) in [6.45, 7) is 5.34. The lowest BCUT2D eigenvalue weighted by Crippen LogP contribution is -2.35. The molecule has 0 amide bonds. The van der Waals surface area contributed by atoms with Gasteiger partial charge in [-0.25, -0.2) is 0 Å². The largest absolute Gasteiger partial charge is 0.481 e. The molecule has 2 aliphatic rings. The second-order valence-electron chi connectivity index (χ2n) is 5.28. The van der Waals surface area contributed by atoms with Gasteiger partial charge in [0.1, 0.15) is 0 Å². The van der Waals surface area contributed by atoms with Crippen LogP contribution in [0.15, 0.2) is 0 Å². The Kier molecular flexibility index (Phi) is 3.22. The minimum absolute atomic E-state index is 0.194. The molecule has 0 aromatic carbocycles. The molecule has 0 bridgehead atoms. The minimum Gasteiger partial charge on any atom is -0.481 e. The molecule has 0 radical (unpaired) electrons. The van der Waals surface area contributed by atoms with E-state index in [9.17, 15) is 9.90 Å². The van der Waals surface area contributed by atoms with Gasteiger partial charge in [0.25, 0.3) is 0 Å². The normalized spacial score (nSPS) is 38.5. The summed E-state index contributed by atoms with van der Waals surface area (Å²) in [5.41, 5.74) is 0. The minimum atomic E-state index is -0.722. The Bertz CT molecular complexity index is 270. The van der Waals surface area contributed by atoms with Gasteiger partial charge in [-0.05, 0) is 18.3 Å². The molecule has 1 spiro atoms. The van der Waals surface area contributed by atoms with Crippen molar-refractivity contribution >= 4 is 5.97 Å². The van der Waals surface area contributed by atoms with Crippen molar-refractivity contribution in [1.29, 1.82) is 0 Å². The van der Waals surface area contributed by atoms with Gasteiger partial charge in [-0.1, -0.05) is 13.8 Å². The molecule has 4 nitrogen and oxygen atoms in total. The summed E-state index contributed by atoms with van der Waals surface area (Å²) in [6, 6.07) is 0. The molecule has 16 heavy (non-hydrogen) atoms. The average molecular weight is 228 g/mol. The molecule has 4 heteroatoms. The van der Waals surface area contributed by atoms with Crippen LogP contribution in [0.2, 0.25) is 0 Å². The molecule has 1 saturated carbocycles. The van der Waals surface area contributed by atoms with Gasteiger partial charge in [0, 0.05) is 12.8 Å². The van der Waals surface area contributed by atoms with E-state index in [0.29, 0.717) is 25.6 Å². The number of carbonyl (C=O) groups is 1. The molecular weight excluding hydrogens is 208 g/mol. The van der Waals surface area contributed by atoms with Crippen LogP contribution in [0.5, 0.6) is 0 Å². The number of carboxylic acid groups (broad SMARTS) is 1. The van der Waals surface area contributed by atoms with Gasteiger partial charge in [-0.2, -0.15) is 0 Å². The highest BCUT2D eigenvalue weighted by atomic mass is 16.7. The van der Waals surface area contributed by atoms with Crippen LogP contribution in [-0.4, -0.2) is 30.1 Å². The summed E-state index contributed by atoms with van der Waals surface area (Å²) in [4.78, 5) is 11.3. The molecule has 1 saturated heterocycles. The lowest BCUT2D eigenvalue weighted by Gasteiger charge is -2.29. The Labute approximate surface area is 95.9 Å². The van der Waals surface area contributed by atoms with E-state index in [0.717, 1.165) is 12.8 Å². The summed E-state index contributed by atoms with van der Waals surface area (Å²) in [6.07, 6.45) is 2.25. The lowest BCUT2D eigenvalue weighted by molar-refractivity contribution is -0.183. The van der Waals surface area contributed by atoms with Crippen LogP contribution < -0.4 is 0 Å². The fourth-order valence-electron chi connectivity index (χ4n) is 3.10. The van der Waals surface area contributed by atoms with E-state index < -0.39 is 11.8 Å². The maximum Gasteiger partial charge on any atom is 0.306 e. The first-order valence-electron chi connectivity index (χ1n) is 6.03. The van der Waals surface area contributed by atoms with Crippen molar-refractivity contribution in [2.45, 2.75) is 38.9 Å². The van der Waals surface area contributed by atoms with Crippen molar-refractivity contribution in [3.05, 3.63) is 0 Å². The molecule has 0 aromatic heterocycles. The van der Waals surface area contributed by atoms with Gasteiger partial charge >= 0.3 is 5.97 Å². The molecule has 1 heterocycles. The van der Waals surface area contributed by atoms with Crippen LogP contribution in [0, 0.1) is 17.8 Å². The summed E-state index contributed by atoms with van der Waals surface area (Å²) in [5, 5.41) is 9.25. The molecule has 0 aromatic rings. The quantitative estimate of drug-likeness (QED) is 0.744. The third kappa shape index (κ3) is 2.23. The van der Waals surface area contributed by atoms with Crippen molar-refractivity contribution in [3.8, 4) is 0 Å². The zero-order valence-electron chi connectivity index (χ0n) is 9.94. The maximum absolute atomic E-state index is 11.3. The number of ether oxygens (including phenoxy) is 2. The molecule has 3 atom stereocenters. The molecule has 1 aliphatic heterocycles. The third-order valence-corrected chi connectivity index (χ3v) is 3.78. The standard InChI is InChI=1S/C12H20O4/c1-8-5-9(2)10(11(13)14)7-12(6-8)15-3-4-16-12/h8-10H,3-7H2,1-2H3,(H,13,14). The Morgan fingerprint density at radius 1 is 1.25 bits per heavy atom. The van der Waals surface area contributed by atoms with Gasteiger partial charge in [0.2, 0.25) is 0 Å². The second kappa shape index (κ2) is 4.34. The van der Waals surface area contributed by atoms with Crippen molar-refractivity contribution in [1.82, 2.24) is 0 Å². The van der Waals surface area contributed by atoms with E-state index >= 15 is 0 Å². The first-order valence-corrected chi connectivity index (χ1v) is 6.03. The molecule has 1 N–H and O–H groups in total. The SMILES string of the molecule is CC1CC(C)C(C(=O)O)CC2(C1)OCCO2. The average Bonchev–Trinajstić information content (AvgIpc) is 2.56. The zero-order chi connectivity index (χ0) is 11.8. The van der Waals surface area contributed by atoms with Crippen LogP contribution in [-0.2, 0) is 14.3 Å². The van der Waals surface area contributed by atoms with Crippen LogP contribution in [0.1, 0.15) is 33.1 Å². The maximum atomic E-state index is 11.3. The van der Waals surface area contributed by atoms with Gasteiger partial charge in [-0.15, -0.1) is 0 Å². The van der Waals surface area contributed by atoms with E-state index in [4.69, 9.17) is 9.47 Å². The van der Waals surface area contributed by atoms with Crippen LogP contribution in [0.25, 0.3) is 0 Å². The van der Waals surface area contributed by atoms with Crippen molar-refractivity contribution in [2.24, 2.45) is 17.8 Å². The molecule has 3 unspecified atom stereocenters. The second-order valence-corrected chi connectivity index (χ2v) is 5.28. The third-order valence-electron chi connectivity index (χ3n) is 3.78. The summed E-state index contributed by atoms with van der Waals surface area (Å²) >= 11 is 0. The Morgan fingerprint density at radius 3 is 2.44 bits per heavy atom. The smallest absolute Gasteiger partial charge is 0.306 e. The van der Waals surface area contributed by atoms with Crippen LogP contribution in [0.4, 0.5) is 0 Å². The fraction of sp³-hybridized carbons (Fsp3) is 0.917. The highest BCUT2D eigenvalue weighted by molar-refractivity contribution is 5.70. The molecule has 2 rings (SSSR count). The van der Waals surface area contributed by atoms with Gasteiger partial charge in [-0.3, -0.25) is 4.79 Å². The highest BCUT2D eigenvalue weighted by Crippen LogP contribution is 2.42. The zero-order valence-corrected chi connectivity index (χ0v) is 9.94. The predicted molar refractivity (Wildman–Crippen MR) is 57.9 cm³/mol. The fourth-order valence-corrected chi connectivity index (χ4v) is 3.10. The number of aliphatic carboxylic acids is 1. The highest BCUT2D eigenvalue weighted by Gasteiger charge is 2.46. The Balaban J connectivity index is 2.19. The summed E-state index contributed by atoms with van der Waals surface area (Å²) in [7, 11) is 0. The van der Waals surface area contributed by atoms with Gasteiger partial charge in [0.15, 0.2) is 5.79 Å². The van der Waals surface area contributed by atoms with E-state index in [1.165, 1.54) is 0 Å². The molecule has 92 valence electrons. The van der Waals surface area contributed by atoms with E-state index in [2.05, 4.69) is 6.92 Å². The summed E-state index contributed by atoms with van der Waals surface area (Å²) < 4.78 is 11.4. The Hall–Kier alpha value is -0.610. The van der Waals surface area contributed by atoms with Gasteiger partial charge in [0.05, 0.1) is 19.1 Å². The van der Waals surface area contributed by atoms with Crippen LogP contribution in [0.3, 0.4) is 0 Å². The predicted octanol–water partition coefficient (Wildman–Crippen LogP) is 1.89. The van der Waals surface area contributed by atoms with E-state index in [1.54, 1.807) is 0 Å². The van der Waals surface area contributed by atoms with Gasteiger partial charge < -0.3 is 14.6 Å². The summed E-state index contributed by atoms with van der Waals surface area (Å²) in [5.74, 6) is -1.03. The van der Waals surface area contributed by atoms with E-state index in [1.807, 2.05) is 6.92 Å². The lowest BCUT2D eigenvalue weighted by atomic mass is 9.87. The molecular formula is C12H20O4. The number of carboxylic acids is 1. The van der Waals surface area contributed by atoms with Crippen molar-refractivity contribution in [2.75, 3.05) is 13.2 Å². The first kappa shape index (κ1) is 11.9. The van der Waals surface area contributed by atoms with E-state index in [-0.39, 0.29) is 11.8 Å². The first-order chi connectivity index (χ1) is 7.52. The molecule has 2 fully saturated rings. The molecule has 1 aliphatic carbocycles. The monoisotopic (exact) mass is 228 g/mol. The van der Waals surface area contributed by atoms with Crippen molar-refractivity contribution < 1.29 is 19.4 Å². The topological polar surface area (TPSA) is 55.8 Å². The van der Waals surface area contributed by atoms with Crippen LogP contribution >= 0.6 is 0 Å². The number of rotatable bonds is 1. The van der Waals surface area contributed by atoms with Crippen molar-refractivity contribution in [3.63, 3.8) is 0 Å².